The molecule has 1 heterocycles. The first-order valence-electron chi connectivity index (χ1n) is 6.47. The fraction of sp³-hybridized carbons (Fsp3) is 0.467. The molecule has 0 aliphatic carbocycles. The summed E-state index contributed by atoms with van der Waals surface area (Å²) in [7, 11) is 0. The molecule has 0 aliphatic heterocycles. The van der Waals surface area contributed by atoms with Crippen molar-refractivity contribution in [3.05, 3.63) is 35.5 Å². The second kappa shape index (κ2) is 5.37. The van der Waals surface area contributed by atoms with Crippen molar-refractivity contribution < 1.29 is 0 Å². The summed E-state index contributed by atoms with van der Waals surface area (Å²) in [6.45, 7) is 7.60. The van der Waals surface area contributed by atoms with E-state index in [2.05, 4.69) is 55.5 Å². The van der Waals surface area contributed by atoms with Gasteiger partial charge in [0.2, 0.25) is 0 Å². The van der Waals surface area contributed by atoms with E-state index in [0.29, 0.717) is 6.04 Å². The van der Waals surface area contributed by atoms with Gasteiger partial charge in [0.15, 0.2) is 0 Å². The lowest BCUT2D eigenvalue weighted by molar-refractivity contribution is 0.571. The van der Waals surface area contributed by atoms with Gasteiger partial charge in [0, 0.05) is 23.1 Å². The van der Waals surface area contributed by atoms with Crippen LogP contribution >= 0.6 is 0 Å². The van der Waals surface area contributed by atoms with Gasteiger partial charge in [0.05, 0.1) is 0 Å². The number of fused-ring (bicyclic) bond motifs is 1. The van der Waals surface area contributed by atoms with Gasteiger partial charge in [-0.2, -0.15) is 0 Å². The predicted molar refractivity (Wildman–Crippen MR) is 74.5 cm³/mol. The van der Waals surface area contributed by atoms with Gasteiger partial charge in [0.25, 0.3) is 0 Å². The van der Waals surface area contributed by atoms with Crippen molar-refractivity contribution in [2.24, 2.45) is 0 Å². The van der Waals surface area contributed by atoms with E-state index in [1.165, 1.54) is 28.5 Å². The van der Waals surface area contributed by atoms with Crippen LogP contribution in [0.3, 0.4) is 0 Å². The average Bonchev–Trinajstić information content (AvgIpc) is 2.66. The Balaban J connectivity index is 1.99. The van der Waals surface area contributed by atoms with Crippen molar-refractivity contribution in [3.63, 3.8) is 0 Å². The minimum absolute atomic E-state index is 0.584. The predicted octanol–water partition coefficient (Wildman–Crippen LogP) is 3.41. The Kier molecular flexibility index (Phi) is 3.85. The van der Waals surface area contributed by atoms with E-state index in [9.17, 15) is 0 Å². The Hall–Kier alpha value is -1.28. The summed E-state index contributed by atoms with van der Waals surface area (Å²) < 4.78 is 0. The van der Waals surface area contributed by atoms with Crippen molar-refractivity contribution >= 4 is 10.9 Å². The van der Waals surface area contributed by atoms with Crippen molar-refractivity contribution in [3.8, 4) is 0 Å². The molecule has 2 heteroatoms. The molecule has 0 aliphatic rings. The van der Waals surface area contributed by atoms with Crippen molar-refractivity contribution in [2.45, 2.75) is 39.7 Å². The molecule has 2 aromatic rings. The zero-order valence-corrected chi connectivity index (χ0v) is 11.0. The molecule has 0 amide bonds. The highest BCUT2D eigenvalue weighted by Gasteiger charge is 2.03. The normalized spacial score (nSPS) is 11.5. The molecule has 92 valence electrons. The highest BCUT2D eigenvalue weighted by Crippen LogP contribution is 2.20. The first kappa shape index (κ1) is 12.2. The smallest absolute Gasteiger partial charge is 0.0459 e. The lowest BCUT2D eigenvalue weighted by Gasteiger charge is -2.07. The van der Waals surface area contributed by atoms with E-state index < -0.39 is 0 Å². The first-order valence-corrected chi connectivity index (χ1v) is 6.47. The Labute approximate surface area is 103 Å². The van der Waals surface area contributed by atoms with E-state index >= 15 is 0 Å². The van der Waals surface area contributed by atoms with Crippen molar-refractivity contribution in [2.75, 3.05) is 6.54 Å². The van der Waals surface area contributed by atoms with Crippen LogP contribution in [0.25, 0.3) is 10.9 Å². The molecule has 0 saturated carbocycles. The van der Waals surface area contributed by atoms with Crippen LogP contribution in [-0.2, 0) is 6.42 Å². The lowest BCUT2D eigenvalue weighted by Crippen LogP contribution is -2.23. The third-order valence-corrected chi connectivity index (χ3v) is 3.10. The van der Waals surface area contributed by atoms with Crippen LogP contribution < -0.4 is 5.32 Å². The maximum Gasteiger partial charge on any atom is 0.0459 e. The van der Waals surface area contributed by atoms with E-state index in [1.807, 2.05) is 0 Å². The maximum absolute atomic E-state index is 3.45. The molecule has 17 heavy (non-hydrogen) atoms. The fourth-order valence-corrected chi connectivity index (χ4v) is 2.18. The largest absolute Gasteiger partial charge is 0.361 e. The topological polar surface area (TPSA) is 27.8 Å². The number of aromatic nitrogens is 1. The van der Waals surface area contributed by atoms with Crippen LogP contribution in [0.1, 0.15) is 31.4 Å². The van der Waals surface area contributed by atoms with Gasteiger partial charge >= 0.3 is 0 Å². The minimum Gasteiger partial charge on any atom is -0.361 e. The fourth-order valence-electron chi connectivity index (χ4n) is 2.18. The van der Waals surface area contributed by atoms with Gasteiger partial charge in [-0.05, 0) is 43.5 Å². The quantitative estimate of drug-likeness (QED) is 0.757. The van der Waals surface area contributed by atoms with Gasteiger partial charge in [-0.3, -0.25) is 0 Å². The molecule has 0 saturated heterocycles. The maximum atomic E-state index is 3.45. The van der Waals surface area contributed by atoms with E-state index in [0.717, 1.165) is 13.0 Å². The van der Waals surface area contributed by atoms with Crippen LogP contribution in [0.2, 0.25) is 0 Å². The number of hydrogen-bond acceptors (Lipinski definition) is 1. The zero-order chi connectivity index (χ0) is 12.3. The van der Waals surface area contributed by atoms with Crippen molar-refractivity contribution in [1.29, 1.82) is 0 Å². The second-order valence-electron chi connectivity index (χ2n) is 5.08. The SMILES string of the molecule is Cc1ccc2c(CCCNC(C)C)c[nH]c2c1. The average molecular weight is 230 g/mol. The highest BCUT2D eigenvalue weighted by atomic mass is 14.9. The van der Waals surface area contributed by atoms with Crippen molar-refractivity contribution in [1.82, 2.24) is 10.3 Å². The molecule has 0 unspecified atom stereocenters. The molecule has 0 atom stereocenters. The summed E-state index contributed by atoms with van der Waals surface area (Å²) in [6, 6.07) is 7.21. The second-order valence-corrected chi connectivity index (χ2v) is 5.08. The van der Waals surface area contributed by atoms with Crippen LogP contribution in [0, 0.1) is 6.92 Å². The molecular weight excluding hydrogens is 208 g/mol. The number of benzene rings is 1. The molecule has 0 spiro atoms. The Bertz CT molecular complexity index is 483. The molecule has 2 nitrogen and oxygen atoms in total. The highest BCUT2D eigenvalue weighted by molar-refractivity contribution is 5.83. The van der Waals surface area contributed by atoms with E-state index in [-0.39, 0.29) is 0 Å². The number of hydrogen-bond donors (Lipinski definition) is 2. The molecule has 0 fully saturated rings. The summed E-state index contributed by atoms with van der Waals surface area (Å²) >= 11 is 0. The van der Waals surface area contributed by atoms with E-state index in [4.69, 9.17) is 0 Å². The van der Waals surface area contributed by atoms with Crippen LogP contribution in [0.5, 0.6) is 0 Å². The number of H-pyrrole nitrogens is 1. The molecule has 2 rings (SSSR count). The monoisotopic (exact) mass is 230 g/mol. The Morgan fingerprint density at radius 1 is 1.29 bits per heavy atom. The summed E-state index contributed by atoms with van der Waals surface area (Å²) in [5.74, 6) is 0. The number of rotatable bonds is 5. The summed E-state index contributed by atoms with van der Waals surface area (Å²) in [5, 5.41) is 4.83. The number of nitrogens with one attached hydrogen (secondary N) is 2. The van der Waals surface area contributed by atoms with Gasteiger partial charge in [0.1, 0.15) is 0 Å². The molecule has 1 aromatic carbocycles. The minimum atomic E-state index is 0.584. The van der Waals surface area contributed by atoms with Gasteiger partial charge < -0.3 is 10.3 Å². The molecule has 2 N–H and O–H groups in total. The van der Waals surface area contributed by atoms with Crippen LogP contribution in [0.4, 0.5) is 0 Å². The van der Waals surface area contributed by atoms with Gasteiger partial charge in [-0.25, -0.2) is 0 Å². The molecule has 0 bridgehead atoms. The molecule has 1 aromatic heterocycles. The standard InChI is InChI=1S/C15H22N2/c1-11(2)16-8-4-5-13-10-17-15-9-12(3)6-7-14(13)15/h6-7,9-11,16-17H,4-5,8H2,1-3H3. The van der Waals surface area contributed by atoms with Crippen LogP contribution in [-0.4, -0.2) is 17.6 Å². The Morgan fingerprint density at radius 2 is 2.12 bits per heavy atom. The zero-order valence-electron chi connectivity index (χ0n) is 11.0. The third-order valence-electron chi connectivity index (χ3n) is 3.10. The summed E-state index contributed by atoms with van der Waals surface area (Å²) in [4.78, 5) is 3.36. The lowest BCUT2D eigenvalue weighted by atomic mass is 10.1. The Morgan fingerprint density at radius 3 is 2.88 bits per heavy atom. The van der Waals surface area contributed by atoms with E-state index in [1.54, 1.807) is 0 Å². The third kappa shape index (κ3) is 3.10. The number of aromatic amines is 1. The summed E-state index contributed by atoms with van der Waals surface area (Å²) in [6.07, 6.45) is 4.49. The molecule has 0 radical (unpaired) electrons. The number of aryl methyl sites for hydroxylation is 2. The van der Waals surface area contributed by atoms with Gasteiger partial charge in [-0.15, -0.1) is 0 Å². The summed E-state index contributed by atoms with van der Waals surface area (Å²) in [5.41, 5.74) is 4.01. The molecular formula is C15H22N2. The van der Waals surface area contributed by atoms with Crippen LogP contribution in [0.15, 0.2) is 24.4 Å². The van der Waals surface area contributed by atoms with Gasteiger partial charge in [-0.1, -0.05) is 26.0 Å². The first-order chi connectivity index (χ1) is 8.16.